The Hall–Kier alpha value is -3.80. The number of hydrogen-bond acceptors (Lipinski definition) is 6. The van der Waals surface area contributed by atoms with Crippen LogP contribution in [0, 0.1) is 0 Å². The molecule has 2 heterocycles. The molecule has 38 heavy (non-hydrogen) atoms. The molecule has 2 N–H and O–H groups in total. The maximum atomic E-state index is 13.2. The van der Waals surface area contributed by atoms with E-state index in [0.717, 1.165) is 36.7 Å². The van der Waals surface area contributed by atoms with Gasteiger partial charge in [-0.3, -0.25) is 19.3 Å². The van der Waals surface area contributed by atoms with E-state index in [1.165, 1.54) is 17.0 Å². The van der Waals surface area contributed by atoms with Gasteiger partial charge in [0.15, 0.2) is 0 Å². The lowest BCUT2D eigenvalue weighted by Gasteiger charge is -2.39. The second-order valence-electron chi connectivity index (χ2n) is 9.19. The van der Waals surface area contributed by atoms with Gasteiger partial charge in [-0.05, 0) is 42.5 Å². The van der Waals surface area contributed by atoms with E-state index in [9.17, 15) is 27.6 Å². The largest absolute Gasteiger partial charge is 0.497 e. The van der Waals surface area contributed by atoms with Crippen LogP contribution in [0.1, 0.15) is 12.0 Å². The minimum Gasteiger partial charge on any atom is -0.497 e. The zero-order valence-corrected chi connectivity index (χ0v) is 21.0. The quantitative estimate of drug-likeness (QED) is 0.567. The van der Waals surface area contributed by atoms with Gasteiger partial charge in [-0.15, -0.1) is 0 Å². The standard InChI is InChI=1S/C26H30F3N5O4/c1-38-21-7-5-20(6-8-21)33-13-11-32(12-14-33)17-24(36)34-10-9-30-25(37)22(34)16-23(35)31-19-4-2-3-18(15-19)26(27,28)29/h2-8,15,22H,9-14,16-17H2,1H3,(H,30,37)(H,31,35)/t22-/m0/s1. The van der Waals surface area contributed by atoms with Crippen LogP contribution in [0.25, 0.3) is 0 Å². The molecule has 9 nitrogen and oxygen atoms in total. The number of carbonyl (C=O) groups excluding carboxylic acids is 3. The van der Waals surface area contributed by atoms with Gasteiger partial charge in [0.2, 0.25) is 17.7 Å². The van der Waals surface area contributed by atoms with E-state index < -0.39 is 29.6 Å². The number of alkyl halides is 3. The number of rotatable bonds is 7. The highest BCUT2D eigenvalue weighted by atomic mass is 19.4. The fraction of sp³-hybridized carbons (Fsp3) is 0.423. The van der Waals surface area contributed by atoms with Crippen molar-refractivity contribution in [1.82, 2.24) is 15.1 Å². The maximum absolute atomic E-state index is 13.2. The second-order valence-corrected chi connectivity index (χ2v) is 9.19. The molecule has 0 aromatic heterocycles. The van der Waals surface area contributed by atoms with E-state index in [2.05, 4.69) is 15.5 Å². The van der Waals surface area contributed by atoms with Crippen molar-refractivity contribution < 1.29 is 32.3 Å². The van der Waals surface area contributed by atoms with Gasteiger partial charge in [0.05, 0.1) is 25.6 Å². The minimum atomic E-state index is -4.55. The summed E-state index contributed by atoms with van der Waals surface area (Å²) in [6.07, 6.45) is -4.91. The molecule has 12 heteroatoms. The van der Waals surface area contributed by atoms with E-state index in [0.29, 0.717) is 13.1 Å². The molecule has 2 aromatic carbocycles. The summed E-state index contributed by atoms with van der Waals surface area (Å²) >= 11 is 0. The highest BCUT2D eigenvalue weighted by Crippen LogP contribution is 2.30. The number of anilines is 2. The Kier molecular flexibility index (Phi) is 8.40. The van der Waals surface area contributed by atoms with Crippen LogP contribution in [0.3, 0.4) is 0 Å². The van der Waals surface area contributed by atoms with E-state index >= 15 is 0 Å². The van der Waals surface area contributed by atoms with Crippen molar-refractivity contribution in [1.29, 1.82) is 0 Å². The molecule has 3 amide bonds. The number of methoxy groups -OCH3 is 1. The van der Waals surface area contributed by atoms with Crippen LogP contribution in [0.15, 0.2) is 48.5 Å². The molecular weight excluding hydrogens is 503 g/mol. The third-order valence-electron chi connectivity index (χ3n) is 6.67. The first-order valence-electron chi connectivity index (χ1n) is 12.3. The van der Waals surface area contributed by atoms with Gasteiger partial charge in [-0.1, -0.05) is 6.07 Å². The third kappa shape index (κ3) is 6.74. The Labute approximate surface area is 218 Å². The lowest BCUT2D eigenvalue weighted by molar-refractivity contribution is -0.145. The normalized spacial score (nSPS) is 18.6. The molecule has 1 atom stereocenters. The summed E-state index contributed by atoms with van der Waals surface area (Å²) in [6.45, 7) is 3.37. The Balaban J connectivity index is 1.32. The summed E-state index contributed by atoms with van der Waals surface area (Å²) in [5.74, 6) is -0.610. The van der Waals surface area contributed by atoms with Gasteiger partial charge in [0.1, 0.15) is 11.8 Å². The predicted octanol–water partition coefficient (Wildman–Crippen LogP) is 2.19. The zero-order valence-electron chi connectivity index (χ0n) is 21.0. The molecule has 0 bridgehead atoms. The maximum Gasteiger partial charge on any atom is 0.416 e. The van der Waals surface area contributed by atoms with E-state index in [1.807, 2.05) is 29.2 Å². The average molecular weight is 534 g/mol. The highest BCUT2D eigenvalue weighted by Gasteiger charge is 2.36. The molecule has 0 spiro atoms. The van der Waals surface area contributed by atoms with Gasteiger partial charge in [-0.2, -0.15) is 13.2 Å². The molecule has 2 aliphatic heterocycles. The molecule has 2 fully saturated rings. The van der Waals surface area contributed by atoms with Crippen molar-refractivity contribution in [2.75, 3.05) is 63.1 Å². The number of nitrogens with one attached hydrogen (secondary N) is 2. The van der Waals surface area contributed by atoms with Gasteiger partial charge in [-0.25, -0.2) is 0 Å². The SMILES string of the molecule is COc1ccc(N2CCN(CC(=O)N3CCNC(=O)[C@@H]3CC(=O)Nc3cccc(C(F)(F)F)c3)CC2)cc1. The molecule has 4 rings (SSSR count). The first kappa shape index (κ1) is 27.2. The predicted molar refractivity (Wildman–Crippen MR) is 135 cm³/mol. The number of piperazine rings is 2. The minimum absolute atomic E-state index is 0.0337. The van der Waals surface area contributed by atoms with E-state index in [4.69, 9.17) is 4.74 Å². The van der Waals surface area contributed by atoms with Gasteiger partial charge >= 0.3 is 6.18 Å². The number of carbonyl (C=O) groups is 3. The Morgan fingerprint density at radius 1 is 1.05 bits per heavy atom. The molecule has 204 valence electrons. The van der Waals surface area contributed by atoms with Crippen molar-refractivity contribution in [3.8, 4) is 5.75 Å². The topological polar surface area (TPSA) is 94.2 Å². The van der Waals surface area contributed by atoms with E-state index in [-0.39, 0.29) is 37.6 Å². The van der Waals surface area contributed by atoms with Gasteiger partial charge in [0.25, 0.3) is 0 Å². The summed E-state index contributed by atoms with van der Waals surface area (Å²) in [4.78, 5) is 44.0. The van der Waals surface area contributed by atoms with Crippen LogP contribution in [0.5, 0.6) is 5.75 Å². The van der Waals surface area contributed by atoms with Gasteiger partial charge in [0, 0.05) is 50.6 Å². The number of nitrogens with zero attached hydrogens (tertiary/aromatic N) is 3. The first-order chi connectivity index (χ1) is 18.1. The number of benzene rings is 2. The molecule has 2 saturated heterocycles. The Morgan fingerprint density at radius 2 is 1.76 bits per heavy atom. The second kappa shape index (κ2) is 11.7. The molecule has 2 aliphatic rings. The van der Waals surface area contributed by atoms with Crippen LogP contribution >= 0.6 is 0 Å². The summed E-state index contributed by atoms with van der Waals surface area (Å²) in [6, 6.07) is 11.0. The number of hydrogen-bond donors (Lipinski definition) is 2. The van der Waals surface area contributed by atoms with Crippen LogP contribution < -0.4 is 20.3 Å². The Bertz CT molecular complexity index is 1150. The molecule has 2 aromatic rings. The molecule has 0 unspecified atom stereocenters. The smallest absolute Gasteiger partial charge is 0.416 e. The van der Waals surface area contributed by atoms with Crippen molar-refractivity contribution in [2.24, 2.45) is 0 Å². The summed E-state index contributed by atoms with van der Waals surface area (Å²) < 4.78 is 44.1. The number of halogens is 3. The van der Waals surface area contributed by atoms with Crippen molar-refractivity contribution in [2.45, 2.75) is 18.6 Å². The van der Waals surface area contributed by atoms with E-state index in [1.54, 1.807) is 7.11 Å². The van der Waals surface area contributed by atoms with Crippen LogP contribution in [-0.4, -0.2) is 86.5 Å². The van der Waals surface area contributed by atoms with Crippen molar-refractivity contribution in [3.05, 3.63) is 54.1 Å². The molecule has 0 saturated carbocycles. The van der Waals surface area contributed by atoms with Crippen LogP contribution in [-0.2, 0) is 20.6 Å². The van der Waals surface area contributed by atoms with Gasteiger partial charge < -0.3 is 25.2 Å². The Morgan fingerprint density at radius 3 is 2.42 bits per heavy atom. The average Bonchev–Trinajstić information content (AvgIpc) is 2.90. The zero-order chi connectivity index (χ0) is 27.3. The van der Waals surface area contributed by atoms with Crippen LogP contribution in [0.4, 0.5) is 24.5 Å². The molecule has 0 aliphatic carbocycles. The molecule has 0 radical (unpaired) electrons. The first-order valence-corrected chi connectivity index (χ1v) is 12.3. The highest BCUT2D eigenvalue weighted by molar-refractivity contribution is 5.97. The monoisotopic (exact) mass is 533 g/mol. The summed E-state index contributed by atoms with van der Waals surface area (Å²) in [5, 5.41) is 5.07. The molecular formula is C26H30F3N5O4. The number of amides is 3. The third-order valence-corrected chi connectivity index (χ3v) is 6.67. The number of ether oxygens (including phenoxy) is 1. The summed E-state index contributed by atoms with van der Waals surface area (Å²) in [7, 11) is 1.62. The van der Waals surface area contributed by atoms with Crippen molar-refractivity contribution in [3.63, 3.8) is 0 Å². The fourth-order valence-electron chi connectivity index (χ4n) is 4.62. The lowest BCUT2D eigenvalue weighted by Crippen LogP contribution is -2.60. The lowest BCUT2D eigenvalue weighted by atomic mass is 10.1. The fourth-order valence-corrected chi connectivity index (χ4v) is 4.62. The summed E-state index contributed by atoms with van der Waals surface area (Å²) in [5.41, 5.74) is 0.138. The van der Waals surface area contributed by atoms with Crippen molar-refractivity contribution >= 4 is 29.1 Å². The van der Waals surface area contributed by atoms with Crippen LogP contribution in [0.2, 0.25) is 0 Å².